The number of carbonyl (C=O) groups is 1. The molecule has 0 aromatic heterocycles. The quantitative estimate of drug-likeness (QED) is 0.812. The predicted octanol–water partition coefficient (Wildman–Crippen LogP) is 3.17. The van der Waals surface area contributed by atoms with Crippen LogP contribution in [-0.2, 0) is 14.8 Å². The maximum absolute atomic E-state index is 12.4. The van der Waals surface area contributed by atoms with Crippen molar-refractivity contribution in [1.29, 1.82) is 0 Å². The normalized spacial score (nSPS) is 11.7. The van der Waals surface area contributed by atoms with Gasteiger partial charge in [-0.25, -0.2) is 13.2 Å². The van der Waals surface area contributed by atoms with Gasteiger partial charge in [-0.05, 0) is 30.3 Å². The molecule has 0 amide bonds. The lowest BCUT2D eigenvalue weighted by molar-refractivity contribution is -0.275. The second kappa shape index (κ2) is 7.01. The number of hydrogen-bond donors (Lipinski definition) is 1. The zero-order valence-corrected chi connectivity index (χ0v) is 13.5. The molecule has 0 spiro atoms. The molecule has 0 heterocycles. The van der Waals surface area contributed by atoms with Crippen LogP contribution < -0.4 is 9.46 Å². The number of esters is 1. The molecule has 0 atom stereocenters. The molecule has 1 N–H and O–H groups in total. The van der Waals surface area contributed by atoms with Crippen molar-refractivity contribution in [2.24, 2.45) is 0 Å². The van der Waals surface area contributed by atoms with Crippen LogP contribution in [0, 0.1) is 0 Å². The van der Waals surface area contributed by atoms with Crippen molar-refractivity contribution in [2.45, 2.75) is 11.3 Å². The van der Waals surface area contributed by atoms with Gasteiger partial charge in [0.05, 0.1) is 12.7 Å². The van der Waals surface area contributed by atoms with Crippen LogP contribution in [0.25, 0.3) is 0 Å². The zero-order valence-electron chi connectivity index (χ0n) is 12.7. The Kier molecular flexibility index (Phi) is 5.21. The first-order valence-corrected chi connectivity index (χ1v) is 8.17. The van der Waals surface area contributed by atoms with Crippen molar-refractivity contribution < 1.29 is 35.9 Å². The molecule has 2 rings (SSSR count). The lowest BCUT2D eigenvalue weighted by Crippen LogP contribution is -2.21. The number of sulfonamides is 1. The summed E-state index contributed by atoms with van der Waals surface area (Å²) in [6, 6.07) is 9.61. The maximum Gasteiger partial charge on any atom is 0.573 e. The van der Waals surface area contributed by atoms with E-state index in [4.69, 9.17) is 0 Å². The molecule has 134 valence electrons. The fourth-order valence-corrected chi connectivity index (χ4v) is 3.10. The number of anilines is 1. The second-order valence-corrected chi connectivity index (χ2v) is 6.32. The van der Waals surface area contributed by atoms with Crippen LogP contribution in [0.3, 0.4) is 0 Å². The molecule has 25 heavy (non-hydrogen) atoms. The average Bonchev–Trinajstić information content (AvgIpc) is 2.52. The predicted molar refractivity (Wildman–Crippen MR) is 81.7 cm³/mol. The molecule has 0 saturated heterocycles. The molecule has 0 fully saturated rings. The number of nitrogens with one attached hydrogen (secondary N) is 1. The van der Waals surface area contributed by atoms with Gasteiger partial charge in [-0.2, -0.15) is 0 Å². The summed E-state index contributed by atoms with van der Waals surface area (Å²) in [6.45, 7) is 0. The molecular weight excluding hydrogens is 363 g/mol. The summed E-state index contributed by atoms with van der Waals surface area (Å²) in [5, 5.41) is 0. The van der Waals surface area contributed by atoms with Gasteiger partial charge in [-0.1, -0.05) is 18.2 Å². The van der Waals surface area contributed by atoms with Crippen LogP contribution in [0.4, 0.5) is 18.9 Å². The summed E-state index contributed by atoms with van der Waals surface area (Å²) in [5.74, 6) is -1.56. The van der Waals surface area contributed by atoms with Crippen LogP contribution in [0.2, 0.25) is 0 Å². The number of halogens is 3. The molecule has 6 nitrogen and oxygen atoms in total. The van der Waals surface area contributed by atoms with Gasteiger partial charge < -0.3 is 9.47 Å². The SMILES string of the molecule is COC(=O)c1cccc(NS(=O)(=O)c2ccccc2OC(F)(F)F)c1. The summed E-state index contributed by atoms with van der Waals surface area (Å²) >= 11 is 0. The van der Waals surface area contributed by atoms with E-state index >= 15 is 0 Å². The second-order valence-electron chi connectivity index (χ2n) is 4.67. The first kappa shape index (κ1) is 18.6. The Morgan fingerprint density at radius 2 is 1.76 bits per heavy atom. The van der Waals surface area contributed by atoms with E-state index in [1.807, 2.05) is 0 Å². The third kappa shape index (κ3) is 4.86. The van der Waals surface area contributed by atoms with Gasteiger partial charge in [-0.15, -0.1) is 13.2 Å². The molecule has 0 aliphatic rings. The first-order chi connectivity index (χ1) is 11.6. The number of rotatable bonds is 5. The minimum Gasteiger partial charge on any atom is -0.465 e. The van der Waals surface area contributed by atoms with Crippen LogP contribution in [0.15, 0.2) is 53.4 Å². The summed E-state index contributed by atoms with van der Waals surface area (Å²) in [5.41, 5.74) is 0.0484. The van der Waals surface area contributed by atoms with E-state index in [0.717, 1.165) is 19.2 Å². The molecule has 2 aromatic carbocycles. The Morgan fingerprint density at radius 3 is 2.40 bits per heavy atom. The van der Waals surface area contributed by atoms with E-state index in [1.54, 1.807) is 0 Å². The van der Waals surface area contributed by atoms with Gasteiger partial charge in [0.15, 0.2) is 0 Å². The molecule has 0 bridgehead atoms. The third-order valence-electron chi connectivity index (χ3n) is 2.90. The van der Waals surface area contributed by atoms with Crippen LogP contribution in [0.5, 0.6) is 5.75 Å². The van der Waals surface area contributed by atoms with Gasteiger partial charge in [0.25, 0.3) is 10.0 Å². The molecule has 0 aliphatic carbocycles. The minimum absolute atomic E-state index is 0.0234. The minimum atomic E-state index is -5.05. The number of alkyl halides is 3. The molecule has 0 radical (unpaired) electrons. The van der Waals surface area contributed by atoms with Crippen molar-refractivity contribution in [3.8, 4) is 5.75 Å². The van der Waals surface area contributed by atoms with E-state index in [9.17, 15) is 26.4 Å². The van der Waals surface area contributed by atoms with Gasteiger partial charge in [-0.3, -0.25) is 4.72 Å². The van der Waals surface area contributed by atoms with Crippen LogP contribution in [-0.4, -0.2) is 27.9 Å². The molecule has 10 heteroatoms. The highest BCUT2D eigenvalue weighted by molar-refractivity contribution is 7.92. The number of methoxy groups -OCH3 is 1. The summed E-state index contributed by atoms with van der Waals surface area (Å²) in [6.07, 6.45) is -5.05. The topological polar surface area (TPSA) is 81.7 Å². The Hall–Kier alpha value is -2.75. The van der Waals surface area contributed by atoms with Gasteiger partial charge in [0.2, 0.25) is 0 Å². The van der Waals surface area contributed by atoms with E-state index in [0.29, 0.717) is 0 Å². The van der Waals surface area contributed by atoms with Crippen molar-refractivity contribution in [3.63, 3.8) is 0 Å². The largest absolute Gasteiger partial charge is 0.573 e. The molecule has 2 aromatic rings. The number of benzene rings is 2. The van der Waals surface area contributed by atoms with Crippen molar-refractivity contribution in [1.82, 2.24) is 0 Å². The Balaban J connectivity index is 2.36. The number of ether oxygens (including phenoxy) is 2. The number of para-hydroxylation sites is 1. The Bertz CT molecular complexity index is 881. The zero-order chi connectivity index (χ0) is 18.7. The third-order valence-corrected chi connectivity index (χ3v) is 4.32. The maximum atomic E-state index is 12.4. The lowest BCUT2D eigenvalue weighted by atomic mass is 10.2. The number of hydrogen-bond acceptors (Lipinski definition) is 5. The van der Waals surface area contributed by atoms with Gasteiger partial charge in [0.1, 0.15) is 10.6 Å². The smallest absolute Gasteiger partial charge is 0.465 e. The molecule has 0 unspecified atom stereocenters. The summed E-state index contributed by atoms with van der Waals surface area (Å²) < 4.78 is 72.4. The highest BCUT2D eigenvalue weighted by atomic mass is 32.2. The Labute approximate surface area is 141 Å². The van der Waals surface area contributed by atoms with Crippen molar-refractivity contribution in [3.05, 3.63) is 54.1 Å². The van der Waals surface area contributed by atoms with Crippen LogP contribution in [0.1, 0.15) is 10.4 Å². The fourth-order valence-electron chi connectivity index (χ4n) is 1.92. The Morgan fingerprint density at radius 1 is 1.08 bits per heavy atom. The fraction of sp³-hybridized carbons (Fsp3) is 0.133. The molecule has 0 saturated carbocycles. The van der Waals surface area contributed by atoms with E-state index in [2.05, 4.69) is 14.2 Å². The summed E-state index contributed by atoms with van der Waals surface area (Å²) in [7, 11) is -3.24. The van der Waals surface area contributed by atoms with E-state index < -0.39 is 33.0 Å². The standard InChI is InChI=1S/C15H12F3NO5S/c1-23-14(20)10-5-4-6-11(9-10)19-25(21,22)13-8-3-2-7-12(13)24-15(16,17)18/h2-9,19H,1H3. The molecule has 0 aliphatic heterocycles. The van der Waals surface area contributed by atoms with Crippen molar-refractivity contribution >= 4 is 21.7 Å². The van der Waals surface area contributed by atoms with E-state index in [1.165, 1.54) is 36.4 Å². The van der Waals surface area contributed by atoms with Crippen LogP contribution >= 0.6 is 0 Å². The summed E-state index contributed by atoms with van der Waals surface area (Å²) in [4.78, 5) is 10.8. The highest BCUT2D eigenvalue weighted by Gasteiger charge is 2.34. The lowest BCUT2D eigenvalue weighted by Gasteiger charge is -2.14. The monoisotopic (exact) mass is 375 g/mol. The molecular formula is C15H12F3NO5S. The first-order valence-electron chi connectivity index (χ1n) is 6.68. The average molecular weight is 375 g/mol. The van der Waals surface area contributed by atoms with Crippen molar-refractivity contribution in [2.75, 3.05) is 11.8 Å². The van der Waals surface area contributed by atoms with Gasteiger partial charge in [0, 0.05) is 5.69 Å². The number of carbonyl (C=O) groups excluding carboxylic acids is 1. The van der Waals surface area contributed by atoms with Gasteiger partial charge >= 0.3 is 12.3 Å². The van der Waals surface area contributed by atoms with E-state index in [-0.39, 0.29) is 11.3 Å². The highest BCUT2D eigenvalue weighted by Crippen LogP contribution is 2.30.